The van der Waals surface area contributed by atoms with E-state index in [1.54, 1.807) is 0 Å². The lowest BCUT2D eigenvalue weighted by atomic mass is 9.60. The van der Waals surface area contributed by atoms with Crippen molar-refractivity contribution < 1.29 is 0 Å². The molecular formula is C55H43NS. The number of fused-ring (bicyclic) bond motifs is 10. The van der Waals surface area contributed by atoms with Crippen LogP contribution in [0.3, 0.4) is 0 Å². The number of nitrogens with zero attached hydrogens (tertiary/aromatic N) is 1. The van der Waals surface area contributed by atoms with Crippen molar-refractivity contribution in [3.05, 3.63) is 214 Å². The number of hydrogen-bond donors (Lipinski definition) is 0. The molecule has 4 aliphatic rings. The summed E-state index contributed by atoms with van der Waals surface area (Å²) in [5, 5.41) is 4.12. The fraction of sp³-hybridized carbons (Fsp3) is 0.164. The minimum Gasteiger partial charge on any atom is -0.372 e. The highest BCUT2D eigenvalue weighted by atomic mass is 32.1. The Hall–Kier alpha value is -5.96. The molecule has 3 atom stereocenters. The van der Waals surface area contributed by atoms with Crippen molar-refractivity contribution >= 4 is 43.5 Å². The van der Waals surface area contributed by atoms with E-state index in [1.807, 2.05) is 11.3 Å². The third-order valence-corrected chi connectivity index (χ3v) is 15.3. The van der Waals surface area contributed by atoms with Gasteiger partial charge >= 0.3 is 0 Å². The molecule has 0 radical (unpaired) electrons. The second kappa shape index (κ2) is 12.8. The smallest absolute Gasteiger partial charge is 0.0589 e. The first-order valence-electron chi connectivity index (χ1n) is 20.7. The van der Waals surface area contributed by atoms with E-state index in [1.165, 1.54) is 92.6 Å². The summed E-state index contributed by atoms with van der Waals surface area (Å²) in [5.74, 6) is 1.04. The van der Waals surface area contributed by atoms with Crippen LogP contribution in [0, 0.1) is 5.92 Å². The summed E-state index contributed by atoms with van der Waals surface area (Å²) < 4.78 is 1.38. The Morgan fingerprint density at radius 1 is 0.614 bits per heavy atom. The van der Waals surface area contributed by atoms with Crippen LogP contribution in [0.5, 0.6) is 0 Å². The van der Waals surface area contributed by atoms with Crippen molar-refractivity contribution in [3.63, 3.8) is 0 Å². The van der Waals surface area contributed by atoms with E-state index in [4.69, 9.17) is 0 Å². The van der Waals surface area contributed by atoms with Crippen molar-refractivity contribution in [1.82, 2.24) is 0 Å². The van der Waals surface area contributed by atoms with Crippen molar-refractivity contribution in [2.75, 3.05) is 18.5 Å². The molecule has 2 unspecified atom stereocenters. The Morgan fingerprint density at radius 2 is 1.32 bits per heavy atom. The van der Waals surface area contributed by atoms with Gasteiger partial charge in [0, 0.05) is 34.5 Å². The van der Waals surface area contributed by atoms with Crippen LogP contribution in [0.4, 0.5) is 5.69 Å². The maximum Gasteiger partial charge on any atom is 0.0589 e. The molecule has 2 heteroatoms. The van der Waals surface area contributed by atoms with Gasteiger partial charge in [-0.25, -0.2) is 0 Å². The molecule has 274 valence electrons. The molecular weight excluding hydrogens is 707 g/mol. The molecule has 0 bridgehead atoms. The second-order valence-corrected chi connectivity index (χ2v) is 17.8. The predicted molar refractivity (Wildman–Crippen MR) is 242 cm³/mol. The van der Waals surface area contributed by atoms with Gasteiger partial charge in [-0.05, 0) is 109 Å². The average molecular weight is 750 g/mol. The lowest BCUT2D eigenvalue weighted by Gasteiger charge is -2.42. The van der Waals surface area contributed by atoms with Crippen LogP contribution in [0.15, 0.2) is 182 Å². The third kappa shape index (κ3) is 4.80. The van der Waals surface area contributed by atoms with E-state index in [-0.39, 0.29) is 11.3 Å². The quantitative estimate of drug-likeness (QED) is 0.173. The Labute approximate surface area is 339 Å². The van der Waals surface area contributed by atoms with E-state index in [0.717, 1.165) is 25.8 Å². The fourth-order valence-corrected chi connectivity index (χ4v) is 13.0. The van der Waals surface area contributed by atoms with Gasteiger partial charge in [0.25, 0.3) is 0 Å². The Kier molecular flexibility index (Phi) is 7.44. The number of rotatable bonds is 4. The van der Waals surface area contributed by atoms with Gasteiger partial charge in [-0.3, -0.25) is 0 Å². The summed E-state index contributed by atoms with van der Waals surface area (Å²) in [5.41, 5.74) is 16.7. The molecule has 1 aliphatic heterocycles. The number of hydrogen-bond acceptors (Lipinski definition) is 2. The highest BCUT2D eigenvalue weighted by Gasteiger charge is 2.55. The molecule has 0 N–H and O–H groups in total. The number of thiophene rings is 1. The second-order valence-electron chi connectivity index (χ2n) is 16.7. The lowest BCUT2D eigenvalue weighted by molar-refractivity contribution is 0.480. The molecule has 0 saturated heterocycles. The molecule has 3 aliphatic carbocycles. The first-order chi connectivity index (χ1) is 28.2. The van der Waals surface area contributed by atoms with Crippen LogP contribution in [-0.2, 0) is 11.8 Å². The molecule has 1 nitrogen and oxygen atoms in total. The van der Waals surface area contributed by atoms with Gasteiger partial charge in [0.1, 0.15) is 0 Å². The van der Waals surface area contributed by atoms with Gasteiger partial charge in [0.05, 0.1) is 11.1 Å². The van der Waals surface area contributed by atoms with Gasteiger partial charge in [-0.15, -0.1) is 11.3 Å². The number of anilines is 1. The molecule has 0 spiro atoms. The zero-order valence-corrected chi connectivity index (χ0v) is 33.0. The highest BCUT2D eigenvalue weighted by Crippen LogP contribution is 2.65. The topological polar surface area (TPSA) is 3.24 Å². The molecule has 0 fully saturated rings. The zero-order valence-electron chi connectivity index (χ0n) is 32.2. The van der Waals surface area contributed by atoms with E-state index in [2.05, 4.69) is 188 Å². The van der Waals surface area contributed by atoms with Crippen molar-refractivity contribution in [2.45, 2.75) is 36.5 Å². The largest absolute Gasteiger partial charge is 0.372 e. The Morgan fingerprint density at radius 3 is 2.14 bits per heavy atom. The molecule has 57 heavy (non-hydrogen) atoms. The summed E-state index contributed by atoms with van der Waals surface area (Å²) in [6.07, 6.45) is 8.60. The first-order valence-corrected chi connectivity index (χ1v) is 21.5. The molecule has 2 heterocycles. The summed E-state index contributed by atoms with van der Waals surface area (Å²) in [4.78, 5) is 4.08. The van der Waals surface area contributed by atoms with E-state index < -0.39 is 0 Å². The Balaban J connectivity index is 1.11. The summed E-state index contributed by atoms with van der Waals surface area (Å²) in [7, 11) is 2.32. The summed E-state index contributed by atoms with van der Waals surface area (Å²) >= 11 is 2.02. The predicted octanol–water partition coefficient (Wildman–Crippen LogP) is 14.0. The average Bonchev–Trinajstić information content (AvgIpc) is 3.88. The van der Waals surface area contributed by atoms with Gasteiger partial charge in [0.2, 0.25) is 0 Å². The summed E-state index contributed by atoms with van der Waals surface area (Å²) in [6.45, 7) is 0.980. The van der Waals surface area contributed by atoms with Gasteiger partial charge in [-0.1, -0.05) is 170 Å². The van der Waals surface area contributed by atoms with Crippen LogP contribution >= 0.6 is 11.3 Å². The van der Waals surface area contributed by atoms with Crippen LogP contribution in [-0.4, -0.2) is 13.6 Å². The van der Waals surface area contributed by atoms with Crippen LogP contribution in [0.1, 0.15) is 57.4 Å². The van der Waals surface area contributed by atoms with Gasteiger partial charge in [-0.2, -0.15) is 0 Å². The van der Waals surface area contributed by atoms with E-state index in [9.17, 15) is 0 Å². The fourth-order valence-electron chi connectivity index (χ4n) is 11.6. The van der Waals surface area contributed by atoms with Crippen molar-refractivity contribution in [2.24, 2.45) is 5.92 Å². The zero-order chi connectivity index (χ0) is 37.7. The maximum atomic E-state index is 2.71. The number of likely N-dealkylation sites (N-methyl/N-ethyl adjacent to an activating group) is 1. The van der Waals surface area contributed by atoms with E-state index >= 15 is 0 Å². The molecule has 7 aromatic carbocycles. The first kappa shape index (κ1) is 33.2. The normalized spacial score (nSPS) is 20.2. The standard InChI is InChI=1S/C55H43NS/c1-56-34-51(54-53(56)47-21-9-12-25-52(47)57-54)55(49-23-10-7-19-45(49)46-20-8-11-24-50(46)55)39-28-31-44-43(42-22-13-17-36-16-5-6-18-40(36)42)30-27-38-32-37(35-14-3-2-4-15-35)26-29-41(38)48(44)33-39/h2-26,28-29,32-33,43-44,51H,27,30-31,34H2,1H3/t43-,44?,51?/m0/s1. The number of aryl methyl sites for hydroxylation is 1. The van der Waals surface area contributed by atoms with Crippen molar-refractivity contribution in [3.8, 4) is 22.3 Å². The third-order valence-electron chi connectivity index (χ3n) is 14.0. The molecule has 1 aromatic heterocycles. The monoisotopic (exact) mass is 749 g/mol. The SMILES string of the molecule is CN1CC(C2(C3=CCC4C(=C3)c3ccc(-c5ccccc5)cc3CC[C@H]4c3cccc4ccccc34)c3ccccc3-c3ccccc32)c2sc3ccccc3c21. The van der Waals surface area contributed by atoms with E-state index in [0.29, 0.717) is 11.8 Å². The molecule has 0 amide bonds. The Bertz CT molecular complexity index is 2910. The van der Waals surface area contributed by atoms with Crippen LogP contribution in [0.2, 0.25) is 0 Å². The molecule has 12 rings (SSSR count). The highest BCUT2D eigenvalue weighted by molar-refractivity contribution is 7.20. The minimum atomic E-state index is -0.336. The van der Waals surface area contributed by atoms with Crippen molar-refractivity contribution in [1.29, 1.82) is 0 Å². The lowest BCUT2D eigenvalue weighted by Crippen LogP contribution is -2.38. The molecule has 0 saturated carbocycles. The van der Waals surface area contributed by atoms with Gasteiger partial charge in [0.15, 0.2) is 0 Å². The van der Waals surface area contributed by atoms with Gasteiger partial charge < -0.3 is 4.90 Å². The molecule has 8 aromatic rings. The minimum absolute atomic E-state index is 0.263. The summed E-state index contributed by atoms with van der Waals surface area (Å²) in [6, 6.07) is 62.1. The number of allylic oxidation sites excluding steroid dienone is 4. The van der Waals surface area contributed by atoms with Crippen LogP contribution < -0.4 is 4.90 Å². The number of benzene rings is 7. The van der Waals surface area contributed by atoms with Crippen LogP contribution in [0.25, 0.3) is 48.7 Å². The maximum absolute atomic E-state index is 2.71.